The molecule has 0 aliphatic carbocycles. The van der Waals surface area contributed by atoms with E-state index in [1.807, 2.05) is 6.92 Å². The zero-order chi connectivity index (χ0) is 8.27. The average Bonchev–Trinajstić information content (AvgIpc) is 2.04. The highest BCUT2D eigenvalue weighted by Gasteiger charge is 2.06. The van der Waals surface area contributed by atoms with Crippen molar-refractivity contribution in [2.45, 2.75) is 19.4 Å². The van der Waals surface area contributed by atoms with E-state index in [-0.39, 0.29) is 11.8 Å². The topological polar surface area (TPSA) is 59.1 Å². The Bertz CT molecular complexity index is 237. The van der Waals surface area contributed by atoms with Crippen LogP contribution in [0.4, 0.5) is 0 Å². The van der Waals surface area contributed by atoms with Crippen LogP contribution in [0.2, 0.25) is 0 Å². The first-order valence-corrected chi connectivity index (χ1v) is 3.64. The summed E-state index contributed by atoms with van der Waals surface area (Å²) in [5.41, 5.74) is 6.47. The molecule has 0 amide bonds. The Morgan fingerprint density at radius 1 is 1.73 bits per heavy atom. The number of hydrogen-bond acceptors (Lipinski definition) is 3. The second-order valence-electron chi connectivity index (χ2n) is 2.45. The van der Waals surface area contributed by atoms with E-state index in [2.05, 4.69) is 4.98 Å². The standard InChI is InChI=1S/C8H12N2O/c1-2-7(9)6-3-4-10-5-8(6)11/h3-5,7,11H,2,9H2,1H3/t7-/m1/s1. The van der Waals surface area contributed by atoms with Crippen molar-refractivity contribution in [3.05, 3.63) is 24.0 Å². The van der Waals surface area contributed by atoms with E-state index in [9.17, 15) is 5.11 Å². The Morgan fingerprint density at radius 2 is 2.45 bits per heavy atom. The van der Waals surface area contributed by atoms with E-state index in [0.29, 0.717) is 0 Å². The lowest BCUT2D eigenvalue weighted by Crippen LogP contribution is -2.08. The van der Waals surface area contributed by atoms with Gasteiger partial charge in [0, 0.05) is 17.8 Å². The molecule has 0 aliphatic rings. The third-order valence-corrected chi connectivity index (χ3v) is 1.67. The predicted octanol–water partition coefficient (Wildman–Crippen LogP) is 1.20. The highest BCUT2D eigenvalue weighted by atomic mass is 16.3. The van der Waals surface area contributed by atoms with Gasteiger partial charge < -0.3 is 10.8 Å². The van der Waals surface area contributed by atoms with Gasteiger partial charge in [-0.1, -0.05) is 6.92 Å². The summed E-state index contributed by atoms with van der Waals surface area (Å²) in [6.07, 6.45) is 3.85. The van der Waals surface area contributed by atoms with E-state index in [0.717, 1.165) is 12.0 Å². The lowest BCUT2D eigenvalue weighted by atomic mass is 10.1. The summed E-state index contributed by atoms with van der Waals surface area (Å²) in [6.45, 7) is 1.98. The van der Waals surface area contributed by atoms with Gasteiger partial charge in [0.1, 0.15) is 5.75 Å². The number of rotatable bonds is 2. The molecule has 1 aromatic rings. The summed E-state index contributed by atoms with van der Waals surface area (Å²) >= 11 is 0. The minimum absolute atomic E-state index is 0.0852. The molecular weight excluding hydrogens is 140 g/mol. The van der Waals surface area contributed by atoms with Gasteiger partial charge in [0.2, 0.25) is 0 Å². The van der Waals surface area contributed by atoms with Crippen molar-refractivity contribution >= 4 is 0 Å². The minimum Gasteiger partial charge on any atom is -0.506 e. The number of aromatic nitrogens is 1. The van der Waals surface area contributed by atoms with Crippen LogP contribution in [0.3, 0.4) is 0 Å². The Labute approximate surface area is 65.9 Å². The van der Waals surface area contributed by atoms with Gasteiger partial charge in [-0.3, -0.25) is 4.98 Å². The quantitative estimate of drug-likeness (QED) is 0.669. The molecule has 1 heterocycles. The van der Waals surface area contributed by atoms with Gasteiger partial charge in [0.15, 0.2) is 0 Å². The van der Waals surface area contributed by atoms with Gasteiger partial charge in [0.05, 0.1) is 6.20 Å². The molecule has 0 radical (unpaired) electrons. The summed E-state index contributed by atoms with van der Waals surface area (Å²) in [5.74, 6) is 0.182. The second-order valence-corrected chi connectivity index (χ2v) is 2.45. The normalized spacial score (nSPS) is 12.9. The van der Waals surface area contributed by atoms with Crippen molar-refractivity contribution in [3.63, 3.8) is 0 Å². The number of aromatic hydroxyl groups is 1. The van der Waals surface area contributed by atoms with E-state index in [1.54, 1.807) is 12.3 Å². The van der Waals surface area contributed by atoms with Crippen LogP contribution in [0.15, 0.2) is 18.5 Å². The zero-order valence-corrected chi connectivity index (χ0v) is 6.49. The molecule has 0 spiro atoms. The van der Waals surface area contributed by atoms with Crippen LogP contribution in [-0.4, -0.2) is 10.1 Å². The highest BCUT2D eigenvalue weighted by Crippen LogP contribution is 2.22. The molecule has 0 unspecified atom stereocenters. The van der Waals surface area contributed by atoms with Crippen LogP contribution < -0.4 is 5.73 Å². The van der Waals surface area contributed by atoms with Crippen LogP contribution in [0.1, 0.15) is 24.9 Å². The first-order valence-electron chi connectivity index (χ1n) is 3.64. The summed E-state index contributed by atoms with van der Waals surface area (Å²) in [6, 6.07) is 1.65. The lowest BCUT2D eigenvalue weighted by molar-refractivity contribution is 0.457. The van der Waals surface area contributed by atoms with Crippen LogP contribution in [0, 0.1) is 0 Å². The number of nitrogens with zero attached hydrogens (tertiary/aromatic N) is 1. The van der Waals surface area contributed by atoms with E-state index < -0.39 is 0 Å². The van der Waals surface area contributed by atoms with Crippen LogP contribution in [-0.2, 0) is 0 Å². The number of nitrogens with two attached hydrogens (primary N) is 1. The Morgan fingerprint density at radius 3 is 3.00 bits per heavy atom. The van der Waals surface area contributed by atoms with Crippen molar-refractivity contribution in [2.75, 3.05) is 0 Å². The fourth-order valence-corrected chi connectivity index (χ4v) is 0.930. The SMILES string of the molecule is CC[C@@H](N)c1ccncc1O. The molecule has 11 heavy (non-hydrogen) atoms. The average molecular weight is 152 g/mol. The van der Waals surface area contributed by atoms with E-state index in [4.69, 9.17) is 5.73 Å². The van der Waals surface area contributed by atoms with Crippen molar-refractivity contribution in [1.82, 2.24) is 4.98 Å². The molecule has 0 bridgehead atoms. The predicted molar refractivity (Wildman–Crippen MR) is 43.1 cm³/mol. The molecule has 1 aromatic heterocycles. The molecule has 60 valence electrons. The largest absolute Gasteiger partial charge is 0.506 e. The fraction of sp³-hybridized carbons (Fsp3) is 0.375. The molecule has 0 fully saturated rings. The van der Waals surface area contributed by atoms with Crippen molar-refractivity contribution in [1.29, 1.82) is 0 Å². The van der Waals surface area contributed by atoms with Crippen molar-refractivity contribution < 1.29 is 5.11 Å². The summed E-state index contributed by atoms with van der Waals surface area (Å²) < 4.78 is 0. The molecular formula is C8H12N2O. The van der Waals surface area contributed by atoms with Crippen LogP contribution >= 0.6 is 0 Å². The zero-order valence-electron chi connectivity index (χ0n) is 6.49. The third-order valence-electron chi connectivity index (χ3n) is 1.67. The molecule has 0 saturated heterocycles. The van der Waals surface area contributed by atoms with Gasteiger partial charge in [-0.25, -0.2) is 0 Å². The summed E-state index contributed by atoms with van der Waals surface area (Å²) in [4.78, 5) is 3.76. The Hall–Kier alpha value is -1.09. The first-order chi connectivity index (χ1) is 5.25. The smallest absolute Gasteiger partial charge is 0.138 e. The monoisotopic (exact) mass is 152 g/mol. The fourth-order valence-electron chi connectivity index (χ4n) is 0.930. The maximum absolute atomic E-state index is 9.27. The first kappa shape index (κ1) is 8.01. The van der Waals surface area contributed by atoms with E-state index >= 15 is 0 Å². The number of pyridine rings is 1. The number of hydrogen-bond donors (Lipinski definition) is 2. The van der Waals surface area contributed by atoms with Gasteiger partial charge in [-0.15, -0.1) is 0 Å². The second kappa shape index (κ2) is 3.34. The van der Waals surface area contributed by atoms with Crippen molar-refractivity contribution in [3.8, 4) is 5.75 Å². The molecule has 0 aliphatic heterocycles. The van der Waals surface area contributed by atoms with Gasteiger partial charge in [-0.05, 0) is 12.5 Å². The molecule has 3 N–H and O–H groups in total. The molecule has 3 nitrogen and oxygen atoms in total. The Balaban J connectivity index is 2.93. The van der Waals surface area contributed by atoms with Crippen molar-refractivity contribution in [2.24, 2.45) is 5.73 Å². The van der Waals surface area contributed by atoms with Gasteiger partial charge >= 0.3 is 0 Å². The Kier molecular flexibility index (Phi) is 2.44. The van der Waals surface area contributed by atoms with Gasteiger partial charge in [-0.2, -0.15) is 0 Å². The minimum atomic E-state index is -0.0852. The van der Waals surface area contributed by atoms with E-state index in [1.165, 1.54) is 6.20 Å². The maximum Gasteiger partial charge on any atom is 0.138 e. The molecule has 1 rings (SSSR count). The lowest BCUT2D eigenvalue weighted by Gasteiger charge is -2.09. The van der Waals surface area contributed by atoms with Crippen LogP contribution in [0.25, 0.3) is 0 Å². The van der Waals surface area contributed by atoms with Gasteiger partial charge in [0.25, 0.3) is 0 Å². The summed E-state index contributed by atoms with van der Waals surface area (Å²) in [5, 5.41) is 9.27. The summed E-state index contributed by atoms with van der Waals surface area (Å²) in [7, 11) is 0. The molecule has 1 atom stereocenters. The molecule has 3 heteroatoms. The molecule has 0 saturated carbocycles. The van der Waals surface area contributed by atoms with Crippen LogP contribution in [0.5, 0.6) is 5.75 Å². The highest BCUT2D eigenvalue weighted by molar-refractivity contribution is 5.30. The maximum atomic E-state index is 9.27. The molecule has 0 aromatic carbocycles. The third kappa shape index (κ3) is 1.68.